The third kappa shape index (κ3) is 5.69. The normalized spacial score (nSPS) is 15.9. The van der Waals surface area contributed by atoms with Gasteiger partial charge in [-0.25, -0.2) is 0 Å². The van der Waals surface area contributed by atoms with E-state index in [0.29, 0.717) is 25.7 Å². The zero-order valence-electron chi connectivity index (χ0n) is 18.3. The third-order valence-electron chi connectivity index (χ3n) is 5.28. The minimum atomic E-state index is -8.86. The van der Waals surface area contributed by atoms with Crippen LogP contribution < -0.4 is 0 Å². The number of unbranched alkanes of at least 4 members (excludes halogenated alkanes) is 6. The monoisotopic (exact) mass is 596 g/mol. The van der Waals surface area contributed by atoms with E-state index >= 15 is 0 Å². The fourth-order valence-electron chi connectivity index (χ4n) is 2.85. The van der Waals surface area contributed by atoms with Gasteiger partial charge in [0.1, 0.15) is 0 Å². The molecule has 0 aliphatic rings. The number of hydrogen-bond acceptors (Lipinski definition) is 0. The Hall–Kier alpha value is -1.33. The first kappa shape index (κ1) is 35.7. The van der Waals surface area contributed by atoms with Crippen molar-refractivity contribution in [3.05, 3.63) is 0 Å². The van der Waals surface area contributed by atoms with E-state index < -0.39 is 72.8 Å². The molecule has 0 bridgehead atoms. The van der Waals surface area contributed by atoms with Crippen LogP contribution in [0.15, 0.2) is 0 Å². The summed E-state index contributed by atoms with van der Waals surface area (Å²) in [4.78, 5) is 0. The van der Waals surface area contributed by atoms with Gasteiger partial charge in [-0.2, -0.15) is 83.4 Å². The van der Waals surface area contributed by atoms with Crippen molar-refractivity contribution in [2.24, 2.45) is 0 Å². The Balaban J connectivity index is 6.23. The molecular formula is C18H19F19. The zero-order valence-corrected chi connectivity index (χ0v) is 18.3. The summed E-state index contributed by atoms with van der Waals surface area (Å²) in [5.74, 6) is -65.8. The molecule has 0 N–H and O–H groups in total. The molecule has 37 heavy (non-hydrogen) atoms. The molecule has 0 aliphatic heterocycles. The van der Waals surface area contributed by atoms with E-state index in [-0.39, 0.29) is 6.42 Å². The van der Waals surface area contributed by atoms with E-state index in [1.54, 1.807) is 6.92 Å². The second kappa shape index (κ2) is 10.7. The van der Waals surface area contributed by atoms with E-state index in [1.807, 2.05) is 0 Å². The maximum atomic E-state index is 13.7. The van der Waals surface area contributed by atoms with Crippen molar-refractivity contribution in [2.45, 2.75) is 112 Å². The number of rotatable bonds is 15. The average Bonchev–Trinajstić information content (AvgIpc) is 2.71. The van der Waals surface area contributed by atoms with E-state index in [4.69, 9.17) is 0 Å². The summed E-state index contributed by atoms with van der Waals surface area (Å²) in [6.07, 6.45) is -9.61. The SMILES string of the molecule is CCCCCCCCCC(F)(F)C(F)(F)C(F)(F)C(F)(F)C(F)(F)C(F)(F)C(F)(F)C(F)(F)C(F)(F)F. The number of alkyl halides is 19. The summed E-state index contributed by atoms with van der Waals surface area (Å²) in [6.45, 7) is 1.76. The van der Waals surface area contributed by atoms with E-state index in [1.165, 1.54) is 0 Å². The molecule has 224 valence electrons. The van der Waals surface area contributed by atoms with Gasteiger partial charge in [0.05, 0.1) is 0 Å². The molecule has 19 heteroatoms. The van der Waals surface area contributed by atoms with Crippen LogP contribution in [0, 0.1) is 0 Å². The van der Waals surface area contributed by atoms with Crippen LogP contribution in [-0.2, 0) is 0 Å². The number of halogens is 19. The lowest BCUT2D eigenvalue weighted by Gasteiger charge is -2.43. The van der Waals surface area contributed by atoms with Gasteiger partial charge in [0.25, 0.3) is 0 Å². The summed E-state index contributed by atoms with van der Waals surface area (Å²) < 4.78 is 251. The molecule has 0 heterocycles. The highest BCUT2D eigenvalue weighted by Crippen LogP contribution is 2.65. The molecule has 0 aromatic carbocycles. The maximum absolute atomic E-state index is 13.7. The average molecular weight is 596 g/mol. The first-order valence-corrected chi connectivity index (χ1v) is 10.2. The van der Waals surface area contributed by atoms with Crippen LogP contribution in [0.4, 0.5) is 83.4 Å². The predicted molar refractivity (Wildman–Crippen MR) is 88.2 cm³/mol. The molecule has 0 aromatic heterocycles. The topological polar surface area (TPSA) is 0 Å². The van der Waals surface area contributed by atoms with Gasteiger partial charge in [-0.15, -0.1) is 0 Å². The van der Waals surface area contributed by atoms with E-state index in [0.717, 1.165) is 0 Å². The maximum Gasteiger partial charge on any atom is 0.460 e. The minimum Gasteiger partial charge on any atom is -0.200 e. The Morgan fingerprint density at radius 3 is 0.919 bits per heavy atom. The fraction of sp³-hybridized carbons (Fsp3) is 1.00. The van der Waals surface area contributed by atoms with Crippen molar-refractivity contribution < 1.29 is 83.4 Å². The van der Waals surface area contributed by atoms with Crippen LogP contribution in [0.5, 0.6) is 0 Å². The standard InChI is InChI=1S/C18H19F19/c1-2-3-4-5-6-7-8-9-10(19,20)11(21,22)12(23,24)13(25,26)14(27,28)15(29,30)16(31,32)17(33,34)18(35,36)37/h2-9H2,1H3. The molecule has 0 aromatic rings. The Kier molecular flexibility index (Phi) is 10.3. The summed E-state index contributed by atoms with van der Waals surface area (Å²) in [6, 6.07) is 0. The first-order valence-electron chi connectivity index (χ1n) is 10.2. The summed E-state index contributed by atoms with van der Waals surface area (Å²) in [5, 5.41) is 0. The van der Waals surface area contributed by atoms with Crippen molar-refractivity contribution in [1.29, 1.82) is 0 Å². The van der Waals surface area contributed by atoms with Gasteiger partial charge >= 0.3 is 53.6 Å². The Morgan fingerprint density at radius 1 is 0.324 bits per heavy atom. The molecule has 0 unspecified atom stereocenters. The summed E-state index contributed by atoms with van der Waals surface area (Å²) in [7, 11) is 0. The largest absolute Gasteiger partial charge is 0.460 e. The predicted octanol–water partition coefficient (Wildman–Crippen LogP) is 9.77. The highest BCUT2D eigenvalue weighted by molar-refractivity contribution is 5.16. The van der Waals surface area contributed by atoms with Crippen LogP contribution in [0.3, 0.4) is 0 Å². The van der Waals surface area contributed by atoms with Gasteiger partial charge in [-0.1, -0.05) is 45.4 Å². The first-order chi connectivity index (χ1) is 16.1. The lowest BCUT2D eigenvalue weighted by molar-refractivity contribution is -0.468. The van der Waals surface area contributed by atoms with Crippen LogP contribution in [0.2, 0.25) is 0 Å². The van der Waals surface area contributed by atoms with Crippen LogP contribution >= 0.6 is 0 Å². The van der Waals surface area contributed by atoms with E-state index in [9.17, 15) is 83.4 Å². The molecule has 0 fully saturated rings. The lowest BCUT2D eigenvalue weighted by Crippen LogP contribution is -2.75. The van der Waals surface area contributed by atoms with Crippen LogP contribution in [0.25, 0.3) is 0 Å². The van der Waals surface area contributed by atoms with Gasteiger partial charge in [0.2, 0.25) is 0 Å². The lowest BCUT2D eigenvalue weighted by atomic mass is 9.86. The molecule has 0 amide bonds. The molecule has 0 saturated carbocycles. The Morgan fingerprint density at radius 2 is 0.595 bits per heavy atom. The molecule has 0 spiro atoms. The van der Waals surface area contributed by atoms with Gasteiger partial charge in [-0.05, 0) is 6.42 Å². The van der Waals surface area contributed by atoms with E-state index in [2.05, 4.69) is 0 Å². The zero-order chi connectivity index (χ0) is 30.2. The molecule has 0 aliphatic carbocycles. The quantitative estimate of drug-likeness (QED) is 0.131. The van der Waals surface area contributed by atoms with Gasteiger partial charge in [0.15, 0.2) is 0 Å². The summed E-state index contributed by atoms with van der Waals surface area (Å²) in [5.41, 5.74) is 0. The minimum absolute atomic E-state index is 0.0288. The van der Waals surface area contributed by atoms with Crippen molar-refractivity contribution in [3.63, 3.8) is 0 Å². The van der Waals surface area contributed by atoms with Crippen molar-refractivity contribution in [1.82, 2.24) is 0 Å². The molecule has 0 radical (unpaired) electrons. The fourth-order valence-corrected chi connectivity index (χ4v) is 2.85. The van der Waals surface area contributed by atoms with Crippen molar-refractivity contribution in [2.75, 3.05) is 0 Å². The van der Waals surface area contributed by atoms with Gasteiger partial charge < -0.3 is 0 Å². The second-order valence-electron chi connectivity index (χ2n) is 8.09. The molecule has 0 saturated heterocycles. The number of hydrogen-bond donors (Lipinski definition) is 0. The van der Waals surface area contributed by atoms with Crippen molar-refractivity contribution in [3.8, 4) is 0 Å². The Labute approximate surface area is 196 Å². The summed E-state index contributed by atoms with van der Waals surface area (Å²) >= 11 is 0. The van der Waals surface area contributed by atoms with Gasteiger partial charge in [0, 0.05) is 6.42 Å². The second-order valence-corrected chi connectivity index (χ2v) is 8.09. The molecular weight excluding hydrogens is 577 g/mol. The molecule has 0 rings (SSSR count). The molecule has 0 nitrogen and oxygen atoms in total. The highest BCUT2D eigenvalue weighted by Gasteiger charge is 2.96. The smallest absolute Gasteiger partial charge is 0.200 e. The van der Waals surface area contributed by atoms with Crippen molar-refractivity contribution >= 4 is 0 Å². The Bertz CT molecular complexity index is 734. The van der Waals surface area contributed by atoms with Crippen LogP contribution in [-0.4, -0.2) is 53.6 Å². The molecule has 0 atom stereocenters. The third-order valence-corrected chi connectivity index (χ3v) is 5.28. The van der Waals surface area contributed by atoms with Gasteiger partial charge in [-0.3, -0.25) is 0 Å². The highest BCUT2D eigenvalue weighted by atomic mass is 19.4. The van der Waals surface area contributed by atoms with Crippen LogP contribution in [0.1, 0.15) is 58.3 Å².